The molecule has 0 atom stereocenters. The number of benzene rings is 2. The first-order chi connectivity index (χ1) is 11.7. The number of halogens is 1. The Morgan fingerprint density at radius 1 is 1.04 bits per heavy atom. The van der Waals surface area contributed by atoms with Crippen LogP contribution in [0.3, 0.4) is 0 Å². The van der Waals surface area contributed by atoms with Crippen LogP contribution >= 0.6 is 11.6 Å². The second-order valence-electron chi connectivity index (χ2n) is 6.39. The van der Waals surface area contributed by atoms with E-state index in [0.717, 1.165) is 44.5 Å². The lowest BCUT2D eigenvalue weighted by molar-refractivity contribution is 0.0841. The molecule has 1 heterocycles. The lowest BCUT2D eigenvalue weighted by Crippen LogP contribution is -2.37. The number of hydrogen-bond donors (Lipinski definition) is 0. The van der Waals surface area contributed by atoms with Crippen molar-refractivity contribution in [2.24, 2.45) is 5.92 Å². The molecule has 1 fully saturated rings. The Balaban J connectivity index is 1.42. The molecule has 0 amide bonds. The first-order valence-corrected chi connectivity index (χ1v) is 9.00. The highest BCUT2D eigenvalue weighted by Gasteiger charge is 2.25. The molecule has 3 rings (SSSR count). The van der Waals surface area contributed by atoms with Gasteiger partial charge in [-0.2, -0.15) is 0 Å². The maximum atomic E-state index is 12.5. The average molecular weight is 341 g/mol. The number of ketones is 1. The van der Waals surface area contributed by atoms with Crippen LogP contribution in [-0.4, -0.2) is 30.3 Å². The molecule has 1 saturated heterocycles. The van der Waals surface area contributed by atoms with Crippen molar-refractivity contribution in [2.45, 2.75) is 19.3 Å². The van der Waals surface area contributed by atoms with Crippen molar-refractivity contribution >= 4 is 17.4 Å². The molecule has 125 valence electrons. The van der Waals surface area contributed by atoms with Gasteiger partial charge in [-0.3, -0.25) is 4.79 Å². The maximum absolute atomic E-state index is 12.5. The van der Waals surface area contributed by atoms with E-state index in [2.05, 4.69) is 35.6 Å². The zero-order valence-corrected chi connectivity index (χ0v) is 14.6. The summed E-state index contributed by atoms with van der Waals surface area (Å²) in [4.78, 5) is 15.0. The van der Waals surface area contributed by atoms with E-state index >= 15 is 0 Å². The standard InChI is InChI=1S/C21H23ClNO/c22-20-10-8-18(9-11-20)21(24)19-12-15-23(16-13-19)14-4-7-17-5-2-1-3-6-17/h1-3,5-11,19H,4,12-16H2. The summed E-state index contributed by atoms with van der Waals surface area (Å²) in [6.07, 6.45) is 5.24. The van der Waals surface area contributed by atoms with Gasteiger partial charge in [0.15, 0.2) is 5.78 Å². The van der Waals surface area contributed by atoms with Crippen LogP contribution in [0.1, 0.15) is 35.2 Å². The van der Waals surface area contributed by atoms with Gasteiger partial charge in [-0.05, 0) is 75.1 Å². The number of piperidine rings is 1. The van der Waals surface area contributed by atoms with Crippen molar-refractivity contribution in [3.05, 3.63) is 77.2 Å². The Labute approximate surface area is 149 Å². The number of nitrogens with zero attached hydrogens (tertiary/aromatic N) is 1. The van der Waals surface area contributed by atoms with Gasteiger partial charge >= 0.3 is 0 Å². The summed E-state index contributed by atoms with van der Waals surface area (Å²) in [5.41, 5.74) is 2.07. The Kier molecular flexibility index (Phi) is 6.06. The predicted octanol–water partition coefficient (Wildman–Crippen LogP) is 4.88. The maximum Gasteiger partial charge on any atom is 0.166 e. The van der Waals surface area contributed by atoms with Crippen molar-refractivity contribution in [3.63, 3.8) is 0 Å². The molecule has 2 nitrogen and oxygen atoms in total. The lowest BCUT2D eigenvalue weighted by atomic mass is 9.89. The van der Waals surface area contributed by atoms with Crippen LogP contribution < -0.4 is 0 Å². The number of likely N-dealkylation sites (tertiary alicyclic amines) is 1. The van der Waals surface area contributed by atoms with Crippen LogP contribution in [0.2, 0.25) is 5.02 Å². The molecule has 1 aliphatic rings. The fourth-order valence-corrected chi connectivity index (χ4v) is 3.40. The van der Waals surface area contributed by atoms with Crippen molar-refractivity contribution in [1.29, 1.82) is 0 Å². The molecule has 0 aromatic heterocycles. The second-order valence-corrected chi connectivity index (χ2v) is 6.83. The van der Waals surface area contributed by atoms with E-state index in [1.54, 1.807) is 12.1 Å². The summed E-state index contributed by atoms with van der Waals surface area (Å²) in [5.74, 6) is 0.419. The van der Waals surface area contributed by atoms with E-state index in [9.17, 15) is 4.79 Å². The summed E-state index contributed by atoms with van der Waals surface area (Å²) < 4.78 is 0. The Bertz CT molecular complexity index is 645. The number of rotatable bonds is 6. The Morgan fingerprint density at radius 2 is 1.71 bits per heavy atom. The van der Waals surface area contributed by atoms with Crippen molar-refractivity contribution in [1.82, 2.24) is 4.90 Å². The fourth-order valence-electron chi connectivity index (χ4n) is 3.27. The molecular formula is C21H23ClNO. The van der Waals surface area contributed by atoms with Gasteiger partial charge in [0.1, 0.15) is 0 Å². The summed E-state index contributed by atoms with van der Waals surface area (Å²) in [7, 11) is 0. The zero-order valence-electron chi connectivity index (χ0n) is 13.8. The molecule has 0 bridgehead atoms. The van der Waals surface area contributed by atoms with Crippen LogP contribution in [0.25, 0.3) is 0 Å². The molecule has 1 radical (unpaired) electrons. The number of Topliss-reactive ketones (excluding diaryl/α,β-unsaturated/α-hetero) is 1. The van der Waals surface area contributed by atoms with Crippen molar-refractivity contribution in [3.8, 4) is 0 Å². The topological polar surface area (TPSA) is 20.3 Å². The number of hydrogen-bond acceptors (Lipinski definition) is 2. The molecule has 0 spiro atoms. The van der Waals surface area contributed by atoms with Gasteiger partial charge in [-0.15, -0.1) is 0 Å². The lowest BCUT2D eigenvalue weighted by Gasteiger charge is -2.31. The van der Waals surface area contributed by atoms with Crippen LogP contribution in [0.15, 0.2) is 54.6 Å². The minimum atomic E-state index is 0.153. The highest BCUT2D eigenvalue weighted by Crippen LogP contribution is 2.23. The quantitative estimate of drug-likeness (QED) is 0.699. The zero-order chi connectivity index (χ0) is 16.8. The molecule has 0 aliphatic carbocycles. The first-order valence-electron chi connectivity index (χ1n) is 8.63. The van der Waals surface area contributed by atoms with Crippen LogP contribution in [0, 0.1) is 12.3 Å². The third-order valence-electron chi connectivity index (χ3n) is 4.71. The van der Waals surface area contributed by atoms with Gasteiger partial charge in [0.2, 0.25) is 0 Å². The highest BCUT2D eigenvalue weighted by atomic mass is 35.5. The number of carbonyl (C=O) groups is 1. The monoisotopic (exact) mass is 340 g/mol. The van der Waals surface area contributed by atoms with Crippen molar-refractivity contribution in [2.75, 3.05) is 19.6 Å². The van der Waals surface area contributed by atoms with E-state index in [1.165, 1.54) is 5.56 Å². The minimum Gasteiger partial charge on any atom is -0.303 e. The largest absolute Gasteiger partial charge is 0.303 e. The van der Waals surface area contributed by atoms with Crippen molar-refractivity contribution < 1.29 is 4.79 Å². The van der Waals surface area contributed by atoms with Gasteiger partial charge in [-0.25, -0.2) is 0 Å². The Morgan fingerprint density at radius 3 is 2.38 bits per heavy atom. The molecule has 1 aliphatic heterocycles. The molecule has 0 saturated carbocycles. The predicted molar refractivity (Wildman–Crippen MR) is 99.4 cm³/mol. The first kappa shape index (κ1) is 17.2. The third-order valence-corrected chi connectivity index (χ3v) is 4.96. The van der Waals surface area contributed by atoms with Crippen LogP contribution in [-0.2, 0) is 0 Å². The second kappa shape index (κ2) is 8.46. The summed E-state index contributed by atoms with van der Waals surface area (Å²) in [5, 5.41) is 0.677. The molecule has 3 heteroatoms. The van der Waals surface area contributed by atoms with Crippen LogP contribution in [0.5, 0.6) is 0 Å². The van der Waals surface area contributed by atoms with Gasteiger partial charge < -0.3 is 4.90 Å². The molecule has 24 heavy (non-hydrogen) atoms. The van der Waals surface area contributed by atoms with Gasteiger partial charge in [0, 0.05) is 16.5 Å². The van der Waals surface area contributed by atoms with Gasteiger partial charge in [0.05, 0.1) is 0 Å². The van der Waals surface area contributed by atoms with Gasteiger partial charge in [0.25, 0.3) is 0 Å². The van der Waals surface area contributed by atoms with E-state index in [0.29, 0.717) is 5.02 Å². The van der Waals surface area contributed by atoms with Crippen LogP contribution in [0.4, 0.5) is 0 Å². The molecular weight excluding hydrogens is 318 g/mol. The fraction of sp³-hybridized carbons (Fsp3) is 0.333. The summed E-state index contributed by atoms with van der Waals surface area (Å²) in [6.45, 7) is 3.08. The molecule has 2 aromatic carbocycles. The Hall–Kier alpha value is -1.64. The molecule has 2 aromatic rings. The molecule has 0 unspecified atom stereocenters. The number of carbonyl (C=O) groups excluding carboxylic acids is 1. The SMILES string of the molecule is O=C(c1ccc(Cl)cc1)C1CCN(CC[CH]c2ccccc2)CC1. The van der Waals surface area contributed by atoms with Gasteiger partial charge in [-0.1, -0.05) is 41.9 Å². The average Bonchev–Trinajstić information content (AvgIpc) is 2.63. The van der Waals surface area contributed by atoms with E-state index in [-0.39, 0.29) is 11.7 Å². The highest BCUT2D eigenvalue weighted by molar-refractivity contribution is 6.30. The summed E-state index contributed by atoms with van der Waals surface area (Å²) in [6, 6.07) is 17.7. The van der Waals surface area contributed by atoms with E-state index in [4.69, 9.17) is 11.6 Å². The van der Waals surface area contributed by atoms with E-state index < -0.39 is 0 Å². The summed E-state index contributed by atoms with van der Waals surface area (Å²) >= 11 is 5.89. The van der Waals surface area contributed by atoms with E-state index in [1.807, 2.05) is 18.2 Å². The smallest absolute Gasteiger partial charge is 0.166 e. The third kappa shape index (κ3) is 4.68. The minimum absolute atomic E-state index is 0.153. The normalized spacial score (nSPS) is 16.2. The molecule has 0 N–H and O–H groups in total.